The summed E-state index contributed by atoms with van der Waals surface area (Å²) in [6, 6.07) is 11.6. The SMILES string of the molecule is Cc1ccc(OCc2ccc(C=O)cc2C)c(-c2csc(C3=CCC(C(=O)O)CC3)n2)c1. The second-order valence-corrected chi connectivity index (χ2v) is 9.03. The molecule has 0 saturated heterocycles. The summed E-state index contributed by atoms with van der Waals surface area (Å²) in [6.07, 6.45) is 4.80. The molecule has 1 atom stereocenters. The van der Waals surface area contributed by atoms with Crippen LogP contribution in [0, 0.1) is 19.8 Å². The van der Waals surface area contributed by atoms with E-state index in [0.29, 0.717) is 25.0 Å². The highest BCUT2D eigenvalue weighted by Gasteiger charge is 2.23. The number of nitrogens with zero attached hydrogens (tertiary/aromatic N) is 1. The van der Waals surface area contributed by atoms with Gasteiger partial charge in [-0.25, -0.2) is 4.98 Å². The van der Waals surface area contributed by atoms with Crippen LogP contribution in [-0.4, -0.2) is 22.3 Å². The highest BCUT2D eigenvalue weighted by Crippen LogP contribution is 2.37. The summed E-state index contributed by atoms with van der Waals surface area (Å²) in [5.74, 6) is -0.258. The van der Waals surface area contributed by atoms with E-state index in [1.807, 2.05) is 49.6 Å². The van der Waals surface area contributed by atoms with Crippen LogP contribution in [0.15, 0.2) is 47.9 Å². The van der Waals surface area contributed by atoms with Crippen LogP contribution in [0.1, 0.15) is 51.3 Å². The van der Waals surface area contributed by atoms with Crippen LogP contribution in [0.2, 0.25) is 0 Å². The molecule has 2 aromatic carbocycles. The van der Waals surface area contributed by atoms with Crippen LogP contribution in [-0.2, 0) is 11.4 Å². The number of thiazole rings is 1. The molecule has 1 N–H and O–H groups in total. The molecule has 1 unspecified atom stereocenters. The van der Waals surface area contributed by atoms with E-state index in [0.717, 1.165) is 57.0 Å². The molecule has 6 heteroatoms. The zero-order valence-corrected chi connectivity index (χ0v) is 18.9. The van der Waals surface area contributed by atoms with Crippen molar-refractivity contribution < 1.29 is 19.4 Å². The van der Waals surface area contributed by atoms with Gasteiger partial charge in [0, 0.05) is 16.5 Å². The van der Waals surface area contributed by atoms with Gasteiger partial charge in [0.2, 0.25) is 0 Å². The van der Waals surface area contributed by atoms with Crippen molar-refractivity contribution in [1.82, 2.24) is 4.98 Å². The van der Waals surface area contributed by atoms with Gasteiger partial charge in [-0.2, -0.15) is 0 Å². The number of carboxylic acid groups (broad SMARTS) is 1. The number of ether oxygens (including phenoxy) is 1. The second-order valence-electron chi connectivity index (χ2n) is 8.17. The van der Waals surface area contributed by atoms with Crippen molar-refractivity contribution in [3.8, 4) is 17.0 Å². The second kappa shape index (κ2) is 9.49. The summed E-state index contributed by atoms with van der Waals surface area (Å²) in [5, 5.41) is 12.2. The monoisotopic (exact) mass is 447 g/mol. The molecule has 0 saturated carbocycles. The number of carbonyl (C=O) groups excluding carboxylic acids is 1. The summed E-state index contributed by atoms with van der Waals surface area (Å²) in [4.78, 5) is 27.0. The van der Waals surface area contributed by atoms with Gasteiger partial charge in [0.1, 0.15) is 23.7 Å². The van der Waals surface area contributed by atoms with Crippen molar-refractivity contribution in [2.75, 3.05) is 0 Å². The maximum atomic E-state index is 11.2. The molecular formula is C26H25NO4S. The molecule has 3 aromatic rings. The van der Waals surface area contributed by atoms with Crippen molar-refractivity contribution in [1.29, 1.82) is 0 Å². The number of benzene rings is 2. The van der Waals surface area contributed by atoms with E-state index in [9.17, 15) is 14.7 Å². The minimum Gasteiger partial charge on any atom is -0.488 e. The van der Waals surface area contributed by atoms with Gasteiger partial charge in [0.15, 0.2) is 0 Å². The van der Waals surface area contributed by atoms with E-state index in [2.05, 4.69) is 6.07 Å². The van der Waals surface area contributed by atoms with E-state index < -0.39 is 5.97 Å². The number of hydrogen-bond donors (Lipinski definition) is 1. The molecule has 0 amide bonds. The highest BCUT2D eigenvalue weighted by atomic mass is 32.1. The topological polar surface area (TPSA) is 76.5 Å². The summed E-state index contributed by atoms with van der Waals surface area (Å²) in [6.45, 7) is 4.42. The Hall–Kier alpha value is -3.25. The summed E-state index contributed by atoms with van der Waals surface area (Å²) >= 11 is 1.58. The fourth-order valence-corrected chi connectivity index (χ4v) is 4.77. The van der Waals surface area contributed by atoms with E-state index in [1.54, 1.807) is 17.4 Å². The quantitative estimate of drug-likeness (QED) is 0.444. The van der Waals surface area contributed by atoms with Crippen LogP contribution < -0.4 is 4.74 Å². The Labute approximate surface area is 191 Å². The first-order valence-corrected chi connectivity index (χ1v) is 11.5. The fourth-order valence-electron chi connectivity index (χ4n) is 3.88. The number of hydrogen-bond acceptors (Lipinski definition) is 5. The Morgan fingerprint density at radius 1 is 1.25 bits per heavy atom. The molecule has 0 aliphatic heterocycles. The van der Waals surface area contributed by atoms with Crippen molar-refractivity contribution in [2.24, 2.45) is 5.92 Å². The first kappa shape index (κ1) is 22.0. The number of carboxylic acids is 1. The molecule has 0 bridgehead atoms. The van der Waals surface area contributed by atoms with Gasteiger partial charge in [-0.15, -0.1) is 11.3 Å². The van der Waals surface area contributed by atoms with Gasteiger partial charge in [-0.3, -0.25) is 9.59 Å². The number of carbonyl (C=O) groups is 2. The number of aryl methyl sites for hydroxylation is 2. The molecule has 4 rings (SSSR count). The Kier molecular flexibility index (Phi) is 6.51. The van der Waals surface area contributed by atoms with Crippen molar-refractivity contribution in [3.05, 3.63) is 75.1 Å². The van der Waals surface area contributed by atoms with Gasteiger partial charge >= 0.3 is 5.97 Å². The number of aldehydes is 1. The smallest absolute Gasteiger partial charge is 0.306 e. The maximum absolute atomic E-state index is 11.2. The van der Waals surface area contributed by atoms with E-state index in [-0.39, 0.29) is 5.92 Å². The minimum absolute atomic E-state index is 0.293. The molecule has 164 valence electrons. The van der Waals surface area contributed by atoms with Crippen LogP contribution in [0.3, 0.4) is 0 Å². The predicted octanol–water partition coefficient (Wildman–Crippen LogP) is 6.09. The van der Waals surface area contributed by atoms with Gasteiger partial charge in [-0.1, -0.05) is 29.8 Å². The lowest BCUT2D eigenvalue weighted by Gasteiger charge is -2.17. The molecular weight excluding hydrogens is 422 g/mol. The molecule has 5 nitrogen and oxygen atoms in total. The average molecular weight is 448 g/mol. The Morgan fingerprint density at radius 3 is 2.78 bits per heavy atom. The van der Waals surface area contributed by atoms with Gasteiger partial charge < -0.3 is 9.84 Å². The maximum Gasteiger partial charge on any atom is 0.306 e. The number of allylic oxidation sites excluding steroid dienone is 2. The van der Waals surface area contributed by atoms with Gasteiger partial charge in [-0.05, 0) is 68.0 Å². The van der Waals surface area contributed by atoms with Crippen LogP contribution >= 0.6 is 11.3 Å². The molecule has 0 fully saturated rings. The van der Waals surface area contributed by atoms with Gasteiger partial charge in [0.05, 0.1) is 11.6 Å². The lowest BCUT2D eigenvalue weighted by Crippen LogP contribution is -2.15. The van der Waals surface area contributed by atoms with Crippen molar-refractivity contribution in [3.63, 3.8) is 0 Å². The lowest BCUT2D eigenvalue weighted by atomic mass is 9.90. The van der Waals surface area contributed by atoms with Crippen LogP contribution in [0.4, 0.5) is 0 Å². The third-order valence-corrected chi connectivity index (χ3v) is 6.75. The van der Waals surface area contributed by atoms with Crippen molar-refractivity contribution in [2.45, 2.75) is 39.7 Å². The number of aromatic nitrogens is 1. The average Bonchev–Trinajstić information content (AvgIpc) is 3.29. The Morgan fingerprint density at radius 2 is 2.09 bits per heavy atom. The summed E-state index contributed by atoms with van der Waals surface area (Å²) in [5.41, 5.74) is 6.75. The zero-order chi connectivity index (χ0) is 22.7. The molecule has 0 radical (unpaired) electrons. The number of rotatable bonds is 7. The van der Waals surface area contributed by atoms with Gasteiger partial charge in [0.25, 0.3) is 0 Å². The molecule has 0 spiro atoms. The Bertz CT molecular complexity index is 1190. The van der Waals surface area contributed by atoms with Crippen LogP contribution in [0.25, 0.3) is 16.8 Å². The van der Waals surface area contributed by atoms with Crippen molar-refractivity contribution >= 4 is 29.2 Å². The third kappa shape index (κ3) is 4.81. The first-order chi connectivity index (χ1) is 15.4. The lowest BCUT2D eigenvalue weighted by molar-refractivity contribution is -0.141. The fraction of sp³-hybridized carbons (Fsp3) is 0.269. The number of aliphatic carboxylic acids is 1. The minimum atomic E-state index is -0.724. The molecule has 32 heavy (non-hydrogen) atoms. The summed E-state index contributed by atoms with van der Waals surface area (Å²) in [7, 11) is 0. The molecule has 1 heterocycles. The molecule has 1 aliphatic carbocycles. The Balaban J connectivity index is 1.55. The standard InChI is InChI=1S/C26H25NO4S/c1-16-3-10-24(31-14-21-5-4-18(13-28)12-17(21)2)22(11-16)23-15-32-25(27-23)19-6-8-20(9-7-19)26(29)30/h3-6,10-13,15,20H,7-9,14H2,1-2H3,(H,29,30). The van der Waals surface area contributed by atoms with E-state index in [4.69, 9.17) is 9.72 Å². The highest BCUT2D eigenvalue weighted by molar-refractivity contribution is 7.11. The first-order valence-electron chi connectivity index (χ1n) is 10.6. The largest absolute Gasteiger partial charge is 0.488 e. The van der Waals surface area contributed by atoms with Crippen LogP contribution in [0.5, 0.6) is 5.75 Å². The summed E-state index contributed by atoms with van der Waals surface area (Å²) < 4.78 is 6.18. The molecule has 1 aromatic heterocycles. The zero-order valence-electron chi connectivity index (χ0n) is 18.1. The van der Waals surface area contributed by atoms with E-state index in [1.165, 1.54) is 0 Å². The molecule has 1 aliphatic rings. The van der Waals surface area contributed by atoms with E-state index >= 15 is 0 Å². The normalized spacial score (nSPS) is 15.8. The third-order valence-electron chi connectivity index (χ3n) is 5.84. The predicted molar refractivity (Wildman–Crippen MR) is 126 cm³/mol.